The molecule has 2 aromatic rings. The third-order valence-corrected chi connectivity index (χ3v) is 3.51. The fourth-order valence-corrected chi connectivity index (χ4v) is 2.57. The molecule has 0 saturated heterocycles. The molecule has 14 heavy (non-hydrogen) atoms. The van der Waals surface area contributed by atoms with Crippen molar-refractivity contribution in [1.29, 1.82) is 0 Å². The highest BCUT2D eigenvalue weighted by atomic mass is 32.1. The molecule has 0 spiro atoms. The molecule has 2 rings (SSSR count). The monoisotopic (exact) mass is 209 g/mol. The van der Waals surface area contributed by atoms with Crippen LogP contribution in [-0.4, -0.2) is 5.26 Å². The summed E-state index contributed by atoms with van der Waals surface area (Å²) in [5.74, 6) is 0. The van der Waals surface area contributed by atoms with E-state index in [-0.39, 0.29) is 0 Å². The number of benzene rings is 1. The van der Waals surface area contributed by atoms with Gasteiger partial charge >= 0.3 is 0 Å². The van der Waals surface area contributed by atoms with Crippen LogP contribution in [0.2, 0.25) is 0 Å². The van der Waals surface area contributed by atoms with E-state index in [2.05, 4.69) is 24.3 Å². The van der Waals surface area contributed by atoms with E-state index in [4.69, 9.17) is 5.26 Å². The van der Waals surface area contributed by atoms with Crippen LogP contribution >= 0.6 is 11.3 Å². The lowest BCUT2D eigenvalue weighted by atomic mass is 10.1. The lowest BCUT2D eigenvalue weighted by Gasteiger charge is -2.00. The first-order chi connectivity index (χ1) is 6.72. The predicted molar refractivity (Wildman–Crippen MR) is 58.6 cm³/mol. The van der Waals surface area contributed by atoms with Crippen molar-refractivity contribution in [1.82, 2.24) is 0 Å². The molecule has 0 aliphatic heterocycles. The quantitative estimate of drug-likeness (QED) is 0.588. The maximum absolute atomic E-state index is 8.24. The first-order valence-electron chi connectivity index (χ1n) is 4.28. The molecule has 1 aromatic heterocycles. The SMILES string of the molecule is Cc1sc2cc(NOO)ccc2c1C. The number of nitrogens with one attached hydrogen (secondary N) is 1. The molecule has 4 heteroatoms. The van der Waals surface area contributed by atoms with E-state index in [0.29, 0.717) is 0 Å². The van der Waals surface area contributed by atoms with Crippen molar-refractivity contribution in [2.75, 3.05) is 5.48 Å². The highest BCUT2D eigenvalue weighted by Gasteiger charge is 2.05. The minimum atomic E-state index is 0.751. The summed E-state index contributed by atoms with van der Waals surface area (Å²) in [5, 5.41) is 9.50. The van der Waals surface area contributed by atoms with E-state index in [1.54, 1.807) is 11.3 Å². The Kier molecular flexibility index (Phi) is 2.41. The van der Waals surface area contributed by atoms with Crippen LogP contribution in [-0.2, 0) is 4.99 Å². The molecule has 0 fully saturated rings. The molecular weight excluding hydrogens is 198 g/mol. The minimum absolute atomic E-state index is 0.751. The molecule has 2 N–H and O–H groups in total. The number of aryl methyl sites for hydroxylation is 2. The van der Waals surface area contributed by atoms with E-state index in [0.717, 1.165) is 5.69 Å². The molecule has 1 heterocycles. The number of hydrogen-bond acceptors (Lipinski definition) is 4. The third kappa shape index (κ3) is 1.48. The Labute approximate surface area is 85.8 Å². The summed E-state index contributed by atoms with van der Waals surface area (Å²) >= 11 is 1.74. The van der Waals surface area contributed by atoms with Gasteiger partial charge in [-0.05, 0) is 36.9 Å². The van der Waals surface area contributed by atoms with Crippen LogP contribution in [0, 0.1) is 13.8 Å². The second kappa shape index (κ2) is 3.57. The summed E-state index contributed by atoms with van der Waals surface area (Å²) in [6.07, 6.45) is 0. The second-order valence-corrected chi connectivity index (χ2v) is 4.44. The lowest BCUT2D eigenvalue weighted by Crippen LogP contribution is -1.94. The summed E-state index contributed by atoms with van der Waals surface area (Å²) in [4.78, 5) is 5.19. The van der Waals surface area contributed by atoms with Crippen LogP contribution in [0.25, 0.3) is 10.1 Å². The third-order valence-electron chi connectivity index (χ3n) is 2.34. The van der Waals surface area contributed by atoms with Crippen molar-refractivity contribution in [2.24, 2.45) is 0 Å². The zero-order valence-corrected chi connectivity index (χ0v) is 8.81. The van der Waals surface area contributed by atoms with Gasteiger partial charge in [-0.1, -0.05) is 6.07 Å². The van der Waals surface area contributed by atoms with Crippen LogP contribution in [0.15, 0.2) is 18.2 Å². The zero-order valence-electron chi connectivity index (χ0n) is 8.00. The Balaban J connectivity index is 2.56. The van der Waals surface area contributed by atoms with Gasteiger partial charge in [0.05, 0.1) is 5.69 Å². The molecule has 0 saturated carbocycles. The zero-order chi connectivity index (χ0) is 10.1. The van der Waals surface area contributed by atoms with Gasteiger partial charge in [-0.25, -0.2) is 10.7 Å². The van der Waals surface area contributed by atoms with Gasteiger partial charge in [0, 0.05) is 9.58 Å². The van der Waals surface area contributed by atoms with Gasteiger partial charge in [-0.2, -0.15) is 0 Å². The van der Waals surface area contributed by atoms with Crippen molar-refractivity contribution in [3.8, 4) is 0 Å². The van der Waals surface area contributed by atoms with Gasteiger partial charge in [0.1, 0.15) is 0 Å². The molecular formula is C10H11NO2S. The lowest BCUT2D eigenvalue weighted by molar-refractivity contribution is -0.215. The molecule has 0 radical (unpaired) electrons. The number of hydrogen-bond donors (Lipinski definition) is 2. The Morgan fingerprint density at radius 2 is 2.14 bits per heavy atom. The molecule has 0 bridgehead atoms. The van der Waals surface area contributed by atoms with Crippen LogP contribution < -0.4 is 5.48 Å². The maximum atomic E-state index is 8.24. The van der Waals surface area contributed by atoms with Gasteiger partial charge < -0.3 is 0 Å². The number of anilines is 1. The van der Waals surface area contributed by atoms with Crippen molar-refractivity contribution in [2.45, 2.75) is 13.8 Å². The summed E-state index contributed by atoms with van der Waals surface area (Å²) in [6, 6.07) is 5.85. The number of fused-ring (bicyclic) bond motifs is 1. The standard InChI is InChI=1S/C10H11NO2S/c1-6-7(2)14-10-5-8(11-13-12)3-4-9(6)10/h3-5,11-12H,1-2H3. The minimum Gasteiger partial charge on any atom is -0.235 e. The van der Waals surface area contributed by atoms with Gasteiger partial charge in [-0.3, -0.25) is 0 Å². The molecule has 74 valence electrons. The highest BCUT2D eigenvalue weighted by molar-refractivity contribution is 7.19. The summed E-state index contributed by atoms with van der Waals surface area (Å²) in [6.45, 7) is 4.22. The van der Waals surface area contributed by atoms with Crippen molar-refractivity contribution < 1.29 is 10.2 Å². The first kappa shape index (κ1) is 9.45. The molecule has 0 aliphatic carbocycles. The number of thiophene rings is 1. The van der Waals surface area contributed by atoms with Gasteiger partial charge in [0.2, 0.25) is 0 Å². The van der Waals surface area contributed by atoms with Crippen LogP contribution in [0.4, 0.5) is 5.69 Å². The summed E-state index contributed by atoms with van der Waals surface area (Å²) in [5.41, 5.74) is 4.46. The fraction of sp³-hybridized carbons (Fsp3) is 0.200. The van der Waals surface area contributed by atoms with E-state index >= 15 is 0 Å². The smallest absolute Gasteiger partial charge is 0.0649 e. The van der Waals surface area contributed by atoms with Crippen LogP contribution in [0.1, 0.15) is 10.4 Å². The van der Waals surface area contributed by atoms with Gasteiger partial charge in [0.15, 0.2) is 0 Å². The molecule has 1 aromatic carbocycles. The average Bonchev–Trinajstić information content (AvgIpc) is 2.43. The van der Waals surface area contributed by atoms with Crippen molar-refractivity contribution in [3.05, 3.63) is 28.6 Å². The van der Waals surface area contributed by atoms with Crippen LogP contribution in [0.5, 0.6) is 0 Å². The average molecular weight is 209 g/mol. The second-order valence-electron chi connectivity index (χ2n) is 3.19. The number of rotatable bonds is 2. The normalized spacial score (nSPS) is 10.8. The largest absolute Gasteiger partial charge is 0.235 e. The van der Waals surface area contributed by atoms with E-state index in [1.807, 2.05) is 18.2 Å². The van der Waals surface area contributed by atoms with Crippen molar-refractivity contribution >= 4 is 27.1 Å². The van der Waals surface area contributed by atoms with Gasteiger partial charge in [-0.15, -0.1) is 16.3 Å². The first-order valence-corrected chi connectivity index (χ1v) is 5.10. The van der Waals surface area contributed by atoms with E-state index in [9.17, 15) is 0 Å². The molecule has 0 unspecified atom stereocenters. The van der Waals surface area contributed by atoms with E-state index in [1.165, 1.54) is 20.5 Å². The van der Waals surface area contributed by atoms with E-state index < -0.39 is 0 Å². The Bertz CT molecular complexity index is 464. The Morgan fingerprint density at radius 3 is 2.86 bits per heavy atom. The molecule has 3 nitrogen and oxygen atoms in total. The fourth-order valence-electron chi connectivity index (χ4n) is 1.46. The topological polar surface area (TPSA) is 41.5 Å². The summed E-state index contributed by atoms with van der Waals surface area (Å²) < 4.78 is 1.20. The molecule has 0 aliphatic rings. The highest BCUT2D eigenvalue weighted by Crippen LogP contribution is 2.31. The Morgan fingerprint density at radius 1 is 1.36 bits per heavy atom. The molecule has 0 amide bonds. The predicted octanol–water partition coefficient (Wildman–Crippen LogP) is 3.33. The van der Waals surface area contributed by atoms with Gasteiger partial charge in [0.25, 0.3) is 0 Å². The van der Waals surface area contributed by atoms with Crippen LogP contribution in [0.3, 0.4) is 0 Å². The Hall–Kier alpha value is -1.10. The molecule has 0 atom stereocenters. The van der Waals surface area contributed by atoms with Crippen molar-refractivity contribution in [3.63, 3.8) is 0 Å². The summed E-state index contributed by atoms with van der Waals surface area (Å²) in [7, 11) is 0. The maximum Gasteiger partial charge on any atom is 0.0649 e.